The Balaban J connectivity index is 2.35. The molecule has 0 unspecified atom stereocenters. The quantitative estimate of drug-likeness (QED) is 0.757. The van der Waals surface area contributed by atoms with E-state index in [0.717, 1.165) is 25.3 Å². The third-order valence-corrected chi connectivity index (χ3v) is 2.47. The number of anilines is 1. The SMILES string of the molecule is CCCNCCOc1ccc(NC(=O)OC(C)(C)C)cc1. The summed E-state index contributed by atoms with van der Waals surface area (Å²) in [5.41, 5.74) is 0.180. The van der Waals surface area contributed by atoms with E-state index in [-0.39, 0.29) is 0 Å². The summed E-state index contributed by atoms with van der Waals surface area (Å²) >= 11 is 0. The van der Waals surface area contributed by atoms with E-state index in [0.29, 0.717) is 12.3 Å². The van der Waals surface area contributed by atoms with Crippen molar-refractivity contribution in [2.45, 2.75) is 39.7 Å². The molecule has 0 aliphatic rings. The first-order chi connectivity index (χ1) is 9.90. The number of benzene rings is 1. The molecule has 0 aromatic heterocycles. The van der Waals surface area contributed by atoms with E-state index in [1.54, 1.807) is 12.1 Å². The first-order valence-electron chi connectivity index (χ1n) is 7.34. The van der Waals surface area contributed by atoms with Gasteiger partial charge in [0.25, 0.3) is 0 Å². The molecule has 0 bridgehead atoms. The molecule has 0 saturated heterocycles. The lowest BCUT2D eigenvalue weighted by atomic mass is 10.2. The summed E-state index contributed by atoms with van der Waals surface area (Å²) in [5.74, 6) is 0.781. The molecule has 5 heteroatoms. The van der Waals surface area contributed by atoms with Gasteiger partial charge in [0.05, 0.1) is 0 Å². The largest absolute Gasteiger partial charge is 0.492 e. The fraction of sp³-hybridized carbons (Fsp3) is 0.562. The second kappa shape index (κ2) is 8.52. The zero-order valence-electron chi connectivity index (χ0n) is 13.4. The van der Waals surface area contributed by atoms with Gasteiger partial charge in [-0.1, -0.05) is 6.92 Å². The summed E-state index contributed by atoms with van der Waals surface area (Å²) in [6.07, 6.45) is 0.658. The van der Waals surface area contributed by atoms with Gasteiger partial charge < -0.3 is 14.8 Å². The van der Waals surface area contributed by atoms with E-state index in [1.807, 2.05) is 32.9 Å². The van der Waals surface area contributed by atoms with E-state index >= 15 is 0 Å². The molecule has 5 nitrogen and oxygen atoms in total. The third kappa shape index (κ3) is 8.19. The van der Waals surface area contributed by atoms with Crippen LogP contribution in [0, 0.1) is 0 Å². The highest BCUT2D eigenvalue weighted by Crippen LogP contribution is 2.16. The number of carbonyl (C=O) groups is 1. The first kappa shape index (κ1) is 17.3. The summed E-state index contributed by atoms with van der Waals surface area (Å²) in [6, 6.07) is 7.23. The van der Waals surface area contributed by atoms with Gasteiger partial charge in [-0.25, -0.2) is 4.79 Å². The van der Waals surface area contributed by atoms with Crippen LogP contribution in [0.3, 0.4) is 0 Å². The highest BCUT2D eigenvalue weighted by molar-refractivity contribution is 5.84. The van der Waals surface area contributed by atoms with Crippen LogP contribution in [0.2, 0.25) is 0 Å². The van der Waals surface area contributed by atoms with Crippen molar-refractivity contribution in [2.24, 2.45) is 0 Å². The standard InChI is InChI=1S/C16H26N2O3/c1-5-10-17-11-12-20-14-8-6-13(7-9-14)18-15(19)21-16(2,3)4/h6-9,17H,5,10-12H2,1-4H3,(H,18,19). The van der Waals surface area contributed by atoms with Crippen molar-refractivity contribution in [2.75, 3.05) is 25.0 Å². The maximum Gasteiger partial charge on any atom is 0.412 e. The van der Waals surface area contributed by atoms with Crippen LogP contribution in [-0.4, -0.2) is 31.4 Å². The van der Waals surface area contributed by atoms with E-state index in [2.05, 4.69) is 17.6 Å². The molecule has 0 aliphatic carbocycles. The van der Waals surface area contributed by atoms with Crippen LogP contribution in [0.15, 0.2) is 24.3 Å². The molecule has 1 rings (SSSR count). The lowest BCUT2D eigenvalue weighted by Crippen LogP contribution is -2.27. The molecule has 118 valence electrons. The Labute approximate surface area is 127 Å². The molecule has 0 spiro atoms. The Hall–Kier alpha value is -1.75. The van der Waals surface area contributed by atoms with Gasteiger partial charge in [0, 0.05) is 12.2 Å². The Morgan fingerprint density at radius 3 is 2.38 bits per heavy atom. The van der Waals surface area contributed by atoms with Gasteiger partial charge in [0.15, 0.2) is 0 Å². The average Bonchev–Trinajstić information content (AvgIpc) is 2.38. The zero-order chi connectivity index (χ0) is 15.7. The van der Waals surface area contributed by atoms with E-state index < -0.39 is 11.7 Å². The van der Waals surface area contributed by atoms with Gasteiger partial charge in [-0.15, -0.1) is 0 Å². The minimum atomic E-state index is -0.501. The van der Waals surface area contributed by atoms with Crippen LogP contribution in [0.25, 0.3) is 0 Å². The fourth-order valence-corrected chi connectivity index (χ4v) is 1.60. The van der Waals surface area contributed by atoms with Gasteiger partial charge >= 0.3 is 6.09 Å². The molecule has 0 fully saturated rings. The summed E-state index contributed by atoms with van der Waals surface area (Å²) in [4.78, 5) is 11.6. The average molecular weight is 294 g/mol. The topological polar surface area (TPSA) is 59.6 Å². The Bertz CT molecular complexity index is 424. The Kier molecular flexibility index (Phi) is 7.02. The van der Waals surface area contributed by atoms with Gasteiger partial charge in [0.2, 0.25) is 0 Å². The molecule has 0 radical (unpaired) electrons. The fourth-order valence-electron chi connectivity index (χ4n) is 1.60. The smallest absolute Gasteiger partial charge is 0.412 e. The summed E-state index contributed by atoms with van der Waals surface area (Å²) in [5, 5.41) is 5.95. The highest BCUT2D eigenvalue weighted by atomic mass is 16.6. The molecule has 21 heavy (non-hydrogen) atoms. The molecule has 0 aliphatic heterocycles. The minimum Gasteiger partial charge on any atom is -0.492 e. The Morgan fingerprint density at radius 2 is 1.81 bits per heavy atom. The predicted octanol–water partition coefficient (Wildman–Crippen LogP) is 3.41. The number of hydrogen-bond acceptors (Lipinski definition) is 4. The molecule has 2 N–H and O–H groups in total. The Morgan fingerprint density at radius 1 is 1.14 bits per heavy atom. The molecule has 0 atom stereocenters. The van der Waals surface area contributed by atoms with E-state index in [9.17, 15) is 4.79 Å². The second-order valence-electron chi connectivity index (χ2n) is 5.75. The summed E-state index contributed by atoms with van der Waals surface area (Å²) in [6.45, 7) is 10.1. The van der Waals surface area contributed by atoms with Crippen LogP contribution in [-0.2, 0) is 4.74 Å². The zero-order valence-corrected chi connectivity index (χ0v) is 13.4. The maximum atomic E-state index is 11.6. The lowest BCUT2D eigenvalue weighted by Gasteiger charge is -2.19. The normalized spacial score (nSPS) is 11.0. The number of amides is 1. The summed E-state index contributed by atoms with van der Waals surface area (Å²) < 4.78 is 10.8. The van der Waals surface area contributed by atoms with Gasteiger partial charge in [-0.05, 0) is 58.0 Å². The van der Waals surface area contributed by atoms with Crippen molar-refractivity contribution < 1.29 is 14.3 Å². The van der Waals surface area contributed by atoms with Crippen molar-refractivity contribution in [3.8, 4) is 5.75 Å². The molecule has 1 amide bonds. The predicted molar refractivity (Wildman–Crippen MR) is 85.0 cm³/mol. The third-order valence-electron chi connectivity index (χ3n) is 2.47. The van der Waals surface area contributed by atoms with E-state index in [4.69, 9.17) is 9.47 Å². The van der Waals surface area contributed by atoms with E-state index in [1.165, 1.54) is 0 Å². The van der Waals surface area contributed by atoms with Crippen LogP contribution >= 0.6 is 0 Å². The maximum absolute atomic E-state index is 11.6. The van der Waals surface area contributed by atoms with Crippen molar-refractivity contribution >= 4 is 11.8 Å². The van der Waals surface area contributed by atoms with Gasteiger partial charge in [-0.3, -0.25) is 5.32 Å². The van der Waals surface area contributed by atoms with Gasteiger partial charge in [-0.2, -0.15) is 0 Å². The van der Waals surface area contributed by atoms with Crippen LogP contribution in [0.1, 0.15) is 34.1 Å². The first-order valence-corrected chi connectivity index (χ1v) is 7.34. The van der Waals surface area contributed by atoms with Gasteiger partial charge in [0.1, 0.15) is 18.0 Å². The van der Waals surface area contributed by atoms with Crippen molar-refractivity contribution in [1.29, 1.82) is 0 Å². The highest BCUT2D eigenvalue weighted by Gasteiger charge is 2.15. The molecule has 1 aromatic rings. The number of ether oxygens (including phenoxy) is 2. The lowest BCUT2D eigenvalue weighted by molar-refractivity contribution is 0.0636. The number of hydrogen-bond donors (Lipinski definition) is 2. The number of nitrogens with one attached hydrogen (secondary N) is 2. The monoisotopic (exact) mass is 294 g/mol. The second-order valence-corrected chi connectivity index (χ2v) is 5.75. The molecule has 1 aromatic carbocycles. The van der Waals surface area contributed by atoms with Crippen LogP contribution in [0.5, 0.6) is 5.75 Å². The van der Waals surface area contributed by atoms with Crippen LogP contribution in [0.4, 0.5) is 10.5 Å². The summed E-state index contributed by atoms with van der Waals surface area (Å²) in [7, 11) is 0. The van der Waals surface area contributed by atoms with Crippen molar-refractivity contribution in [3.05, 3.63) is 24.3 Å². The van der Waals surface area contributed by atoms with Crippen LogP contribution < -0.4 is 15.4 Å². The molecular weight excluding hydrogens is 268 g/mol. The molecule has 0 saturated carbocycles. The molecular formula is C16H26N2O3. The van der Waals surface area contributed by atoms with Crippen molar-refractivity contribution in [1.82, 2.24) is 5.32 Å². The molecule has 0 heterocycles. The number of rotatable bonds is 7. The van der Waals surface area contributed by atoms with Crippen molar-refractivity contribution in [3.63, 3.8) is 0 Å². The number of carbonyl (C=O) groups excluding carboxylic acids is 1. The minimum absolute atomic E-state index is 0.458.